The normalized spacial score (nSPS) is 10.3. The van der Waals surface area contributed by atoms with Gasteiger partial charge in [0.1, 0.15) is 17.5 Å². The van der Waals surface area contributed by atoms with Crippen molar-refractivity contribution in [3.05, 3.63) is 42.0 Å². The van der Waals surface area contributed by atoms with E-state index in [4.69, 9.17) is 5.84 Å². The molecule has 19 heavy (non-hydrogen) atoms. The summed E-state index contributed by atoms with van der Waals surface area (Å²) >= 11 is 0. The molecule has 6 nitrogen and oxygen atoms in total. The molecule has 0 unspecified atom stereocenters. The Kier molecular flexibility index (Phi) is 4.25. The molecule has 0 aromatic carbocycles. The molecular weight excluding hydrogens is 240 g/mol. The molecule has 0 radical (unpaired) electrons. The molecule has 0 saturated heterocycles. The standard InChI is InChI=1S/C13H18N6/c1-3-19(9-11-4-6-15-7-5-11)13-8-12(18-14)16-10(2)17-13/h4-8H,3,9,14H2,1-2H3,(H,16,17,18). The Labute approximate surface area is 112 Å². The molecule has 6 heteroatoms. The quantitative estimate of drug-likeness (QED) is 0.625. The van der Waals surface area contributed by atoms with Gasteiger partial charge in [-0.15, -0.1) is 0 Å². The van der Waals surface area contributed by atoms with Crippen molar-refractivity contribution in [3.8, 4) is 0 Å². The van der Waals surface area contributed by atoms with Gasteiger partial charge in [-0.3, -0.25) is 4.98 Å². The van der Waals surface area contributed by atoms with E-state index < -0.39 is 0 Å². The SMILES string of the molecule is CCN(Cc1ccncc1)c1cc(NN)nc(C)n1. The van der Waals surface area contributed by atoms with Crippen LogP contribution >= 0.6 is 0 Å². The fourth-order valence-corrected chi connectivity index (χ4v) is 1.85. The van der Waals surface area contributed by atoms with Crippen LogP contribution < -0.4 is 16.2 Å². The van der Waals surface area contributed by atoms with Crippen molar-refractivity contribution in [2.45, 2.75) is 20.4 Å². The van der Waals surface area contributed by atoms with E-state index in [0.717, 1.165) is 18.9 Å². The maximum atomic E-state index is 5.41. The largest absolute Gasteiger partial charge is 0.352 e. The van der Waals surface area contributed by atoms with Gasteiger partial charge in [0.2, 0.25) is 0 Å². The number of hydrogen-bond acceptors (Lipinski definition) is 6. The van der Waals surface area contributed by atoms with Crippen LogP contribution in [0.15, 0.2) is 30.6 Å². The van der Waals surface area contributed by atoms with Crippen molar-refractivity contribution in [1.82, 2.24) is 15.0 Å². The summed E-state index contributed by atoms with van der Waals surface area (Å²) in [6, 6.07) is 5.84. The first kappa shape index (κ1) is 13.2. The fourth-order valence-electron chi connectivity index (χ4n) is 1.85. The van der Waals surface area contributed by atoms with Gasteiger partial charge in [-0.1, -0.05) is 0 Å². The number of nitrogens with two attached hydrogens (primary N) is 1. The smallest absolute Gasteiger partial charge is 0.145 e. The summed E-state index contributed by atoms with van der Waals surface area (Å²) in [6.45, 7) is 5.57. The van der Waals surface area contributed by atoms with Crippen molar-refractivity contribution in [3.63, 3.8) is 0 Å². The highest BCUT2D eigenvalue weighted by Gasteiger charge is 2.09. The molecule has 0 aliphatic heterocycles. The maximum Gasteiger partial charge on any atom is 0.145 e. The van der Waals surface area contributed by atoms with E-state index in [-0.39, 0.29) is 0 Å². The van der Waals surface area contributed by atoms with Crippen LogP contribution in [0.2, 0.25) is 0 Å². The first-order chi connectivity index (χ1) is 9.22. The molecule has 0 amide bonds. The molecule has 0 atom stereocenters. The lowest BCUT2D eigenvalue weighted by Gasteiger charge is -2.22. The molecule has 2 heterocycles. The van der Waals surface area contributed by atoms with Gasteiger partial charge in [0.05, 0.1) is 0 Å². The molecule has 2 rings (SSSR count). The summed E-state index contributed by atoms with van der Waals surface area (Å²) in [5, 5.41) is 0. The summed E-state index contributed by atoms with van der Waals surface area (Å²) in [5.74, 6) is 7.59. The van der Waals surface area contributed by atoms with Crippen molar-refractivity contribution in [2.75, 3.05) is 16.9 Å². The molecular formula is C13H18N6. The van der Waals surface area contributed by atoms with E-state index in [9.17, 15) is 0 Å². The molecule has 2 aromatic heterocycles. The van der Waals surface area contributed by atoms with Crippen LogP contribution in [-0.2, 0) is 6.54 Å². The predicted molar refractivity (Wildman–Crippen MR) is 75.5 cm³/mol. The van der Waals surface area contributed by atoms with E-state index in [2.05, 4.69) is 32.2 Å². The monoisotopic (exact) mass is 258 g/mol. The van der Waals surface area contributed by atoms with Crippen LogP contribution in [0, 0.1) is 6.92 Å². The first-order valence-corrected chi connectivity index (χ1v) is 6.19. The highest BCUT2D eigenvalue weighted by molar-refractivity contribution is 5.49. The van der Waals surface area contributed by atoms with E-state index in [1.165, 1.54) is 5.56 Å². The van der Waals surface area contributed by atoms with Crippen LogP contribution in [-0.4, -0.2) is 21.5 Å². The minimum absolute atomic E-state index is 0.621. The number of pyridine rings is 1. The van der Waals surface area contributed by atoms with Gasteiger partial charge >= 0.3 is 0 Å². The number of nitrogens with one attached hydrogen (secondary N) is 1. The molecule has 0 aliphatic carbocycles. The van der Waals surface area contributed by atoms with Crippen molar-refractivity contribution >= 4 is 11.6 Å². The third-order valence-electron chi connectivity index (χ3n) is 2.80. The highest BCUT2D eigenvalue weighted by Crippen LogP contribution is 2.17. The molecule has 3 N–H and O–H groups in total. The van der Waals surface area contributed by atoms with Gasteiger partial charge in [-0.2, -0.15) is 0 Å². The Morgan fingerprint density at radius 3 is 2.63 bits per heavy atom. The minimum Gasteiger partial charge on any atom is -0.352 e. The Balaban J connectivity index is 2.24. The molecule has 0 saturated carbocycles. The third-order valence-corrected chi connectivity index (χ3v) is 2.80. The Hall–Kier alpha value is -2.21. The molecule has 0 fully saturated rings. The average Bonchev–Trinajstić information content (AvgIpc) is 2.45. The van der Waals surface area contributed by atoms with E-state index in [1.54, 1.807) is 12.4 Å². The zero-order chi connectivity index (χ0) is 13.7. The summed E-state index contributed by atoms with van der Waals surface area (Å²) in [6.07, 6.45) is 3.59. The Morgan fingerprint density at radius 1 is 1.26 bits per heavy atom. The van der Waals surface area contributed by atoms with E-state index in [0.29, 0.717) is 11.6 Å². The van der Waals surface area contributed by atoms with Crippen molar-refractivity contribution in [2.24, 2.45) is 5.84 Å². The van der Waals surface area contributed by atoms with Gasteiger partial charge < -0.3 is 10.3 Å². The van der Waals surface area contributed by atoms with E-state index >= 15 is 0 Å². The topological polar surface area (TPSA) is 80.0 Å². The van der Waals surface area contributed by atoms with Crippen LogP contribution in [0.3, 0.4) is 0 Å². The van der Waals surface area contributed by atoms with Gasteiger partial charge in [0.15, 0.2) is 0 Å². The molecule has 100 valence electrons. The number of anilines is 2. The summed E-state index contributed by atoms with van der Waals surface area (Å²) < 4.78 is 0. The minimum atomic E-state index is 0.621. The summed E-state index contributed by atoms with van der Waals surface area (Å²) in [5.41, 5.74) is 3.75. The zero-order valence-corrected chi connectivity index (χ0v) is 11.2. The summed E-state index contributed by atoms with van der Waals surface area (Å²) in [4.78, 5) is 14.8. The third kappa shape index (κ3) is 3.38. The molecule has 2 aromatic rings. The number of hydrazine groups is 1. The van der Waals surface area contributed by atoms with Crippen LogP contribution in [0.5, 0.6) is 0 Å². The van der Waals surface area contributed by atoms with Crippen LogP contribution in [0.1, 0.15) is 18.3 Å². The summed E-state index contributed by atoms with van der Waals surface area (Å²) in [7, 11) is 0. The number of rotatable bonds is 5. The van der Waals surface area contributed by atoms with Crippen molar-refractivity contribution in [1.29, 1.82) is 0 Å². The number of hydrogen-bond donors (Lipinski definition) is 2. The van der Waals surface area contributed by atoms with Gasteiger partial charge in [-0.25, -0.2) is 15.8 Å². The molecule has 0 spiro atoms. The van der Waals surface area contributed by atoms with Gasteiger partial charge in [0, 0.05) is 31.5 Å². The number of aromatic nitrogens is 3. The van der Waals surface area contributed by atoms with E-state index in [1.807, 2.05) is 25.1 Å². The van der Waals surface area contributed by atoms with Gasteiger partial charge in [-0.05, 0) is 31.5 Å². The lowest BCUT2D eigenvalue weighted by Crippen LogP contribution is -2.24. The Bertz CT molecular complexity index is 528. The second-order valence-corrected chi connectivity index (χ2v) is 4.17. The first-order valence-electron chi connectivity index (χ1n) is 6.19. The van der Waals surface area contributed by atoms with Crippen molar-refractivity contribution < 1.29 is 0 Å². The number of aryl methyl sites for hydroxylation is 1. The predicted octanol–water partition coefficient (Wildman–Crippen LogP) is 1.49. The zero-order valence-electron chi connectivity index (χ0n) is 11.2. The fraction of sp³-hybridized carbons (Fsp3) is 0.308. The second-order valence-electron chi connectivity index (χ2n) is 4.17. The number of nitrogens with zero attached hydrogens (tertiary/aromatic N) is 4. The average molecular weight is 258 g/mol. The second kappa shape index (κ2) is 6.10. The molecule has 0 aliphatic rings. The Morgan fingerprint density at radius 2 is 2.00 bits per heavy atom. The number of nitrogen functional groups attached to an aromatic ring is 1. The lowest BCUT2D eigenvalue weighted by molar-refractivity contribution is 0.803. The molecule has 0 bridgehead atoms. The maximum absolute atomic E-state index is 5.41. The van der Waals surface area contributed by atoms with Crippen LogP contribution in [0.4, 0.5) is 11.6 Å². The highest BCUT2D eigenvalue weighted by atomic mass is 15.3. The van der Waals surface area contributed by atoms with Crippen LogP contribution in [0.25, 0.3) is 0 Å². The lowest BCUT2D eigenvalue weighted by atomic mass is 10.2. The van der Waals surface area contributed by atoms with Gasteiger partial charge in [0.25, 0.3) is 0 Å².